The van der Waals surface area contributed by atoms with Gasteiger partial charge in [-0.1, -0.05) is 0 Å². The van der Waals surface area contributed by atoms with Crippen molar-refractivity contribution in [2.45, 2.75) is 68.8 Å². The predicted molar refractivity (Wildman–Crippen MR) is 127 cm³/mol. The third kappa shape index (κ3) is 4.86. The molecule has 37 heavy (non-hydrogen) atoms. The summed E-state index contributed by atoms with van der Waals surface area (Å²) in [6, 6.07) is 2.33. The number of hydrogen-bond donors (Lipinski definition) is 2. The molecule has 7 rings (SSSR count). The Bertz CT molecular complexity index is 1020. The average molecular weight is 523 g/mol. The zero-order valence-corrected chi connectivity index (χ0v) is 20.6. The van der Waals surface area contributed by atoms with Crippen molar-refractivity contribution >= 4 is 17.9 Å². The van der Waals surface area contributed by atoms with Gasteiger partial charge in [0.15, 0.2) is 0 Å². The maximum atomic E-state index is 13.6. The number of carbonyl (C=O) groups excluding carboxylic acids is 1. The third-order valence-electron chi connectivity index (χ3n) is 9.27. The van der Waals surface area contributed by atoms with Crippen LogP contribution in [-0.2, 0) is 15.7 Å². The van der Waals surface area contributed by atoms with E-state index in [2.05, 4.69) is 15.2 Å². The number of amides is 1. The van der Waals surface area contributed by atoms with Crippen LogP contribution >= 0.6 is 0 Å². The molecule has 0 aromatic carbocycles. The lowest BCUT2D eigenvalue weighted by atomic mass is 9.52. The van der Waals surface area contributed by atoms with E-state index in [0.29, 0.717) is 56.7 Å². The monoisotopic (exact) mass is 522 g/mol. The van der Waals surface area contributed by atoms with Crippen LogP contribution in [-0.4, -0.2) is 70.9 Å². The number of halogens is 3. The molecule has 1 aliphatic heterocycles. The third-order valence-corrected chi connectivity index (χ3v) is 9.27. The fourth-order valence-electron chi connectivity index (χ4n) is 7.81. The van der Waals surface area contributed by atoms with Crippen molar-refractivity contribution in [3.8, 4) is 0 Å². The zero-order chi connectivity index (χ0) is 25.9. The van der Waals surface area contributed by atoms with Crippen molar-refractivity contribution in [2.75, 3.05) is 31.1 Å². The lowest BCUT2D eigenvalue weighted by molar-refractivity contribution is -0.156. The molecule has 8 nitrogen and oxygen atoms in total. The summed E-state index contributed by atoms with van der Waals surface area (Å²) in [5, 5.41) is 12.7. The molecule has 1 aromatic heterocycles. The Kier molecular flexibility index (Phi) is 6.04. The number of nitrogens with zero attached hydrogens (tertiary/aromatic N) is 3. The van der Waals surface area contributed by atoms with Gasteiger partial charge in [-0.25, -0.2) is 9.78 Å². The van der Waals surface area contributed by atoms with Gasteiger partial charge in [-0.15, -0.1) is 0 Å². The topological polar surface area (TPSA) is 95.0 Å². The highest BCUT2D eigenvalue weighted by Gasteiger charge is 2.58. The van der Waals surface area contributed by atoms with Crippen LogP contribution in [0.1, 0.15) is 50.5 Å². The van der Waals surface area contributed by atoms with E-state index >= 15 is 0 Å². The Labute approximate surface area is 213 Å². The molecule has 202 valence electrons. The van der Waals surface area contributed by atoms with E-state index in [1.165, 1.54) is 6.07 Å². The van der Waals surface area contributed by atoms with Gasteiger partial charge >= 0.3 is 12.3 Å². The number of ether oxygens (including phenoxy) is 1. The fraction of sp³-hybridized carbons (Fsp3) is 0.731. The minimum absolute atomic E-state index is 0.0634. The molecule has 2 heterocycles. The molecule has 5 aliphatic carbocycles. The number of nitrogens with one attached hydrogen (secondary N) is 1. The number of rotatable bonds is 6. The maximum Gasteiger partial charge on any atom is 0.506 e. The first kappa shape index (κ1) is 24.8. The predicted octanol–water partition coefficient (Wildman–Crippen LogP) is 3.76. The number of anilines is 1. The first-order valence-electron chi connectivity index (χ1n) is 13.3. The molecule has 2 N–H and O–H groups in total. The quantitative estimate of drug-likeness (QED) is 0.550. The Hall–Kier alpha value is -2.56. The molecule has 11 heteroatoms. The molecule has 5 saturated carbocycles. The summed E-state index contributed by atoms with van der Waals surface area (Å²) in [7, 11) is 0. The summed E-state index contributed by atoms with van der Waals surface area (Å²) in [5.74, 6) is 1.87. The number of alkyl halides is 3. The minimum Gasteiger partial charge on any atom is -0.450 e. The van der Waals surface area contributed by atoms with Gasteiger partial charge in [-0.3, -0.25) is 9.69 Å². The Balaban J connectivity index is 1.08. The van der Waals surface area contributed by atoms with Crippen LogP contribution in [0.2, 0.25) is 0 Å². The van der Waals surface area contributed by atoms with Crippen LogP contribution < -0.4 is 10.2 Å². The van der Waals surface area contributed by atoms with E-state index in [4.69, 9.17) is 4.74 Å². The lowest BCUT2D eigenvalue weighted by Crippen LogP contribution is -2.65. The Morgan fingerprint density at radius 2 is 1.76 bits per heavy atom. The second kappa shape index (κ2) is 9.03. The molecular formula is C26H33F3N4O4. The highest BCUT2D eigenvalue weighted by atomic mass is 19.4. The smallest absolute Gasteiger partial charge is 0.450 e. The minimum atomic E-state index is -4.41. The van der Waals surface area contributed by atoms with Gasteiger partial charge in [-0.05, 0) is 80.8 Å². The van der Waals surface area contributed by atoms with Gasteiger partial charge in [0.25, 0.3) is 0 Å². The van der Waals surface area contributed by atoms with E-state index in [-0.39, 0.29) is 29.8 Å². The molecule has 3 atom stereocenters. The number of piperazine rings is 1. The van der Waals surface area contributed by atoms with E-state index in [9.17, 15) is 27.9 Å². The van der Waals surface area contributed by atoms with Crippen LogP contribution in [0.25, 0.3) is 0 Å². The first-order chi connectivity index (χ1) is 17.6. The summed E-state index contributed by atoms with van der Waals surface area (Å²) in [6.07, 6.45) is 1.50. The maximum absolute atomic E-state index is 13.6. The molecule has 1 amide bonds. The Morgan fingerprint density at radius 1 is 1.08 bits per heavy atom. The average Bonchev–Trinajstić information content (AvgIpc) is 3.65. The normalized spacial score (nSPS) is 34.3. The van der Waals surface area contributed by atoms with Gasteiger partial charge in [0.1, 0.15) is 11.4 Å². The summed E-state index contributed by atoms with van der Waals surface area (Å²) >= 11 is 0. The van der Waals surface area contributed by atoms with Crippen molar-refractivity contribution in [3.05, 3.63) is 23.9 Å². The summed E-state index contributed by atoms with van der Waals surface area (Å²) in [4.78, 5) is 33.2. The Morgan fingerprint density at radius 3 is 2.30 bits per heavy atom. The van der Waals surface area contributed by atoms with Crippen LogP contribution in [0.5, 0.6) is 0 Å². The molecule has 0 spiro atoms. The first-order valence-corrected chi connectivity index (χ1v) is 13.3. The number of hydrogen-bond acceptors (Lipinski definition) is 6. The van der Waals surface area contributed by atoms with Crippen LogP contribution in [0.3, 0.4) is 0 Å². The second-order valence-electron chi connectivity index (χ2n) is 11.8. The zero-order valence-electron chi connectivity index (χ0n) is 20.6. The van der Waals surface area contributed by atoms with E-state index in [1.807, 2.05) is 4.90 Å². The van der Waals surface area contributed by atoms with Gasteiger partial charge < -0.3 is 20.1 Å². The molecule has 1 saturated heterocycles. The number of aromatic nitrogens is 1. The molecule has 4 bridgehead atoms. The van der Waals surface area contributed by atoms with Crippen molar-refractivity contribution in [1.82, 2.24) is 15.2 Å². The second-order valence-corrected chi connectivity index (χ2v) is 11.8. The number of carbonyl (C=O) groups is 2. The van der Waals surface area contributed by atoms with Gasteiger partial charge in [-0.2, -0.15) is 13.2 Å². The summed E-state index contributed by atoms with van der Waals surface area (Å²) in [5.41, 5.74) is -1.34. The standard InChI is InChI=1S/C26H33F3N4O4/c27-26(28,29)19-3-4-20(30-14-19)32-5-7-33(8-6-32)22(16-1-2-16)23(34)31-21-17-9-15-10-18(21)13-25(11-15,12-17)37-24(35)36/h3-4,14-18,21-22H,1-2,5-13H2,(H,31,34)(H,35,36). The lowest BCUT2D eigenvalue weighted by Gasteiger charge is -2.59. The van der Waals surface area contributed by atoms with E-state index in [0.717, 1.165) is 44.4 Å². The number of pyridine rings is 1. The van der Waals surface area contributed by atoms with Gasteiger partial charge in [0, 0.05) is 38.4 Å². The summed E-state index contributed by atoms with van der Waals surface area (Å²) < 4.78 is 44.0. The largest absolute Gasteiger partial charge is 0.506 e. The van der Waals surface area contributed by atoms with Crippen LogP contribution in [0.4, 0.5) is 23.8 Å². The summed E-state index contributed by atoms with van der Waals surface area (Å²) in [6.45, 7) is 2.49. The van der Waals surface area contributed by atoms with Crippen molar-refractivity contribution in [1.29, 1.82) is 0 Å². The van der Waals surface area contributed by atoms with E-state index < -0.39 is 23.5 Å². The van der Waals surface area contributed by atoms with Crippen molar-refractivity contribution in [3.63, 3.8) is 0 Å². The van der Waals surface area contributed by atoms with Gasteiger partial charge in [0.2, 0.25) is 5.91 Å². The SMILES string of the molecule is O=C(O)OC12CC3CC(C1)C(NC(=O)C(C1CC1)N1CCN(c4ccc(C(F)(F)F)cn4)CC1)C(C3)C2. The fourth-order valence-corrected chi connectivity index (χ4v) is 7.81. The van der Waals surface area contributed by atoms with Gasteiger partial charge in [0.05, 0.1) is 11.6 Å². The van der Waals surface area contributed by atoms with Crippen LogP contribution in [0, 0.1) is 23.7 Å². The molecule has 6 aliphatic rings. The highest BCUT2D eigenvalue weighted by Crippen LogP contribution is 2.57. The molecular weight excluding hydrogens is 489 g/mol. The van der Waals surface area contributed by atoms with Crippen molar-refractivity contribution < 1.29 is 32.6 Å². The van der Waals surface area contributed by atoms with Crippen molar-refractivity contribution in [2.24, 2.45) is 23.7 Å². The molecule has 6 fully saturated rings. The van der Waals surface area contributed by atoms with Crippen LogP contribution in [0.15, 0.2) is 18.3 Å². The molecule has 3 unspecified atom stereocenters. The molecule has 1 aromatic rings. The molecule has 0 radical (unpaired) electrons. The van der Waals surface area contributed by atoms with E-state index in [1.54, 1.807) is 0 Å². The highest BCUT2D eigenvalue weighted by molar-refractivity contribution is 5.83. The number of carboxylic acid groups (broad SMARTS) is 1.